The fraction of sp³-hybridized carbons (Fsp3) is 0.0625. The Morgan fingerprint density at radius 1 is 1.13 bits per heavy atom. The lowest BCUT2D eigenvalue weighted by atomic mass is 10.1. The van der Waals surface area contributed by atoms with Crippen LogP contribution >= 0.6 is 0 Å². The largest absolute Gasteiger partial charge is 0.337 e. The van der Waals surface area contributed by atoms with Gasteiger partial charge in [-0.05, 0) is 31.2 Å². The van der Waals surface area contributed by atoms with Gasteiger partial charge in [-0.3, -0.25) is 10.1 Å². The second-order valence-electron chi connectivity index (χ2n) is 4.99. The van der Waals surface area contributed by atoms with Crippen molar-refractivity contribution in [2.75, 3.05) is 5.32 Å². The monoisotopic (exact) mass is 315 g/mol. The first-order valence-electron chi connectivity index (χ1n) is 6.72. The highest BCUT2D eigenvalue weighted by atomic mass is 19.1. The maximum Gasteiger partial charge on any atom is 0.280 e. The molecule has 3 aromatic rings. The van der Waals surface area contributed by atoms with Gasteiger partial charge in [0, 0.05) is 23.2 Å². The van der Waals surface area contributed by atoms with Gasteiger partial charge in [0.15, 0.2) is 0 Å². The van der Waals surface area contributed by atoms with Crippen LogP contribution in [0.15, 0.2) is 42.6 Å². The molecule has 0 fully saturated rings. The van der Waals surface area contributed by atoms with Crippen LogP contribution in [0.1, 0.15) is 5.56 Å². The topological polar surface area (TPSA) is 68.1 Å². The summed E-state index contributed by atoms with van der Waals surface area (Å²) in [5.41, 5.74) is 0.537. The molecule has 0 amide bonds. The number of benzene rings is 2. The van der Waals surface area contributed by atoms with Crippen LogP contribution in [0.5, 0.6) is 0 Å². The first-order valence-corrected chi connectivity index (χ1v) is 6.72. The summed E-state index contributed by atoms with van der Waals surface area (Å²) in [4.78, 5) is 14.9. The number of nitrogens with zero attached hydrogens (tertiary/aromatic N) is 2. The van der Waals surface area contributed by atoms with E-state index < -0.39 is 16.6 Å². The molecule has 0 aliphatic carbocycles. The highest BCUT2D eigenvalue weighted by molar-refractivity contribution is 5.99. The van der Waals surface area contributed by atoms with E-state index in [4.69, 9.17) is 0 Å². The van der Waals surface area contributed by atoms with Crippen molar-refractivity contribution in [1.29, 1.82) is 0 Å². The average molecular weight is 315 g/mol. The Labute approximate surface area is 129 Å². The van der Waals surface area contributed by atoms with Gasteiger partial charge in [0.05, 0.1) is 16.0 Å². The van der Waals surface area contributed by atoms with E-state index in [1.54, 1.807) is 19.1 Å². The minimum absolute atomic E-state index is 0.0208. The molecule has 1 aromatic heterocycles. The highest BCUT2D eigenvalue weighted by Gasteiger charge is 2.18. The molecule has 0 spiro atoms. The predicted molar refractivity (Wildman–Crippen MR) is 82.8 cm³/mol. The molecule has 5 nitrogen and oxygen atoms in total. The molecule has 1 N–H and O–H groups in total. The summed E-state index contributed by atoms with van der Waals surface area (Å²) in [7, 11) is 0. The smallest absolute Gasteiger partial charge is 0.280 e. The maximum absolute atomic E-state index is 13.8. The molecule has 116 valence electrons. The fourth-order valence-corrected chi connectivity index (χ4v) is 2.41. The zero-order chi connectivity index (χ0) is 16.6. The molecule has 0 aliphatic rings. The van der Waals surface area contributed by atoms with Crippen molar-refractivity contribution >= 4 is 28.0 Å². The molecular weight excluding hydrogens is 304 g/mol. The van der Waals surface area contributed by atoms with E-state index >= 15 is 0 Å². The normalized spacial score (nSPS) is 10.7. The van der Waals surface area contributed by atoms with Crippen LogP contribution in [-0.2, 0) is 0 Å². The molecule has 0 atom stereocenters. The molecule has 0 saturated carbocycles. The Kier molecular flexibility index (Phi) is 3.61. The highest BCUT2D eigenvalue weighted by Crippen LogP contribution is 2.33. The molecule has 0 saturated heterocycles. The number of aromatic nitrogens is 1. The lowest BCUT2D eigenvalue weighted by molar-refractivity contribution is -0.383. The summed E-state index contributed by atoms with van der Waals surface area (Å²) in [5.74, 6) is -1.20. The minimum Gasteiger partial charge on any atom is -0.337 e. The Morgan fingerprint density at radius 3 is 2.61 bits per heavy atom. The van der Waals surface area contributed by atoms with E-state index in [2.05, 4.69) is 10.3 Å². The third-order valence-corrected chi connectivity index (χ3v) is 3.49. The number of nitro groups is 1. The molecule has 7 heteroatoms. The second kappa shape index (κ2) is 5.60. The van der Waals surface area contributed by atoms with Crippen molar-refractivity contribution in [3.05, 3.63) is 69.9 Å². The lowest BCUT2D eigenvalue weighted by Crippen LogP contribution is -1.99. The van der Waals surface area contributed by atoms with Gasteiger partial charge in [-0.15, -0.1) is 0 Å². The standard InChI is InChI=1S/C16H11F2N3O2/c1-9-2-4-12-11(15(9)21(22)23)6-7-19-16(12)20-14-5-3-10(17)8-13(14)18/h2-8H,1H3,(H,19,20). The molecule has 3 rings (SSSR count). The van der Waals surface area contributed by atoms with Gasteiger partial charge >= 0.3 is 0 Å². The van der Waals surface area contributed by atoms with Crippen LogP contribution in [0, 0.1) is 28.7 Å². The first kappa shape index (κ1) is 14.8. The van der Waals surface area contributed by atoms with Crippen LogP contribution in [0.4, 0.5) is 26.0 Å². The van der Waals surface area contributed by atoms with Crippen molar-refractivity contribution in [2.24, 2.45) is 0 Å². The molecular formula is C16H11F2N3O2. The van der Waals surface area contributed by atoms with Gasteiger partial charge in [0.1, 0.15) is 17.5 Å². The van der Waals surface area contributed by atoms with Gasteiger partial charge < -0.3 is 5.32 Å². The van der Waals surface area contributed by atoms with Gasteiger partial charge in [0.2, 0.25) is 0 Å². The van der Waals surface area contributed by atoms with Gasteiger partial charge in [-0.2, -0.15) is 0 Å². The molecule has 0 bridgehead atoms. The number of rotatable bonds is 3. The molecule has 0 unspecified atom stereocenters. The van der Waals surface area contributed by atoms with Crippen LogP contribution in [0.3, 0.4) is 0 Å². The van der Waals surface area contributed by atoms with E-state index in [1.807, 2.05) is 0 Å². The van der Waals surface area contributed by atoms with E-state index in [-0.39, 0.29) is 17.2 Å². The summed E-state index contributed by atoms with van der Waals surface area (Å²) in [6, 6.07) is 7.92. The molecule has 1 heterocycles. The number of pyridine rings is 1. The van der Waals surface area contributed by atoms with E-state index in [0.29, 0.717) is 16.3 Å². The quantitative estimate of drug-likeness (QED) is 0.572. The van der Waals surface area contributed by atoms with Crippen LogP contribution in [0.2, 0.25) is 0 Å². The molecule has 2 aromatic carbocycles. The zero-order valence-electron chi connectivity index (χ0n) is 12.0. The van der Waals surface area contributed by atoms with E-state index in [0.717, 1.165) is 12.1 Å². The number of fused-ring (bicyclic) bond motifs is 1. The average Bonchev–Trinajstić information content (AvgIpc) is 2.49. The second-order valence-corrected chi connectivity index (χ2v) is 4.99. The molecule has 0 aliphatic heterocycles. The summed E-state index contributed by atoms with van der Waals surface area (Å²) < 4.78 is 26.7. The van der Waals surface area contributed by atoms with Crippen molar-refractivity contribution in [3.63, 3.8) is 0 Å². The van der Waals surface area contributed by atoms with E-state index in [9.17, 15) is 18.9 Å². The Bertz CT molecular complexity index is 929. The Balaban J connectivity index is 2.15. The minimum atomic E-state index is -0.773. The molecule has 0 radical (unpaired) electrons. The summed E-state index contributed by atoms with van der Waals surface area (Å²) in [5, 5.41) is 14.9. The fourth-order valence-electron chi connectivity index (χ4n) is 2.41. The zero-order valence-corrected chi connectivity index (χ0v) is 12.0. The third-order valence-electron chi connectivity index (χ3n) is 3.49. The van der Waals surface area contributed by atoms with Crippen molar-refractivity contribution < 1.29 is 13.7 Å². The third kappa shape index (κ3) is 2.68. The lowest BCUT2D eigenvalue weighted by Gasteiger charge is -2.10. The Hall–Kier alpha value is -3.09. The van der Waals surface area contributed by atoms with Crippen molar-refractivity contribution in [3.8, 4) is 0 Å². The number of halogens is 2. The van der Waals surface area contributed by atoms with E-state index in [1.165, 1.54) is 18.3 Å². The number of aryl methyl sites for hydroxylation is 1. The SMILES string of the molecule is Cc1ccc2c(Nc3ccc(F)cc3F)nccc2c1[N+](=O)[O-]. The van der Waals surface area contributed by atoms with Crippen LogP contribution in [0.25, 0.3) is 10.8 Å². The van der Waals surface area contributed by atoms with Crippen molar-refractivity contribution in [2.45, 2.75) is 6.92 Å². The van der Waals surface area contributed by atoms with Crippen LogP contribution in [-0.4, -0.2) is 9.91 Å². The number of nitrogens with one attached hydrogen (secondary N) is 1. The number of anilines is 2. The number of nitro benzene ring substituents is 1. The summed E-state index contributed by atoms with van der Waals surface area (Å²) >= 11 is 0. The Morgan fingerprint density at radius 2 is 1.91 bits per heavy atom. The van der Waals surface area contributed by atoms with Gasteiger partial charge in [-0.1, -0.05) is 6.07 Å². The number of hydrogen-bond acceptors (Lipinski definition) is 4. The maximum atomic E-state index is 13.8. The predicted octanol–water partition coefficient (Wildman–Crippen LogP) is 4.47. The van der Waals surface area contributed by atoms with Crippen molar-refractivity contribution in [1.82, 2.24) is 4.98 Å². The van der Waals surface area contributed by atoms with Gasteiger partial charge in [-0.25, -0.2) is 13.8 Å². The first-order chi connectivity index (χ1) is 11.0. The molecule has 23 heavy (non-hydrogen) atoms. The number of hydrogen-bond donors (Lipinski definition) is 1. The summed E-state index contributed by atoms with van der Waals surface area (Å²) in [6.07, 6.45) is 1.40. The van der Waals surface area contributed by atoms with Crippen LogP contribution < -0.4 is 5.32 Å². The van der Waals surface area contributed by atoms with Gasteiger partial charge in [0.25, 0.3) is 5.69 Å². The summed E-state index contributed by atoms with van der Waals surface area (Å²) in [6.45, 7) is 1.64.